The van der Waals surface area contributed by atoms with Crippen LogP contribution in [0.15, 0.2) is 0 Å². The van der Waals surface area contributed by atoms with E-state index >= 15 is 0 Å². The molecular formula is C10H18N2O3. The van der Waals surface area contributed by atoms with Crippen molar-refractivity contribution < 1.29 is 14.7 Å². The van der Waals surface area contributed by atoms with Crippen LogP contribution in [0.3, 0.4) is 0 Å². The van der Waals surface area contributed by atoms with Crippen LogP contribution in [0.4, 0.5) is 4.79 Å². The number of carboxylic acid groups (broad SMARTS) is 1. The van der Waals surface area contributed by atoms with Crippen molar-refractivity contribution in [2.24, 2.45) is 11.8 Å². The highest BCUT2D eigenvalue weighted by Crippen LogP contribution is 2.25. The zero-order chi connectivity index (χ0) is 11.4. The van der Waals surface area contributed by atoms with Gasteiger partial charge in [-0.3, -0.25) is 4.79 Å². The Morgan fingerprint density at radius 1 is 1.47 bits per heavy atom. The third-order valence-electron chi connectivity index (χ3n) is 2.70. The van der Waals surface area contributed by atoms with E-state index in [-0.39, 0.29) is 18.6 Å². The molecule has 1 fully saturated rings. The lowest BCUT2D eigenvalue weighted by Gasteiger charge is -2.33. The molecule has 86 valence electrons. The molecular weight excluding hydrogens is 196 g/mol. The van der Waals surface area contributed by atoms with Crippen molar-refractivity contribution in [3.63, 3.8) is 0 Å². The summed E-state index contributed by atoms with van der Waals surface area (Å²) in [6.45, 7) is 3.88. The minimum Gasteiger partial charge on any atom is -0.481 e. The van der Waals surface area contributed by atoms with E-state index in [2.05, 4.69) is 17.6 Å². The highest BCUT2D eigenvalue weighted by Gasteiger charge is 2.26. The van der Waals surface area contributed by atoms with Crippen molar-refractivity contribution in [3.05, 3.63) is 0 Å². The van der Waals surface area contributed by atoms with Gasteiger partial charge in [-0.15, -0.1) is 0 Å². The summed E-state index contributed by atoms with van der Waals surface area (Å²) in [5, 5.41) is 13.9. The molecule has 15 heavy (non-hydrogen) atoms. The first-order chi connectivity index (χ1) is 6.99. The SMILES string of the molecule is CC1CC(NC(=O)NCC(C)C(=O)O)C1. The molecule has 0 aliphatic heterocycles. The zero-order valence-electron chi connectivity index (χ0n) is 9.12. The highest BCUT2D eigenvalue weighted by atomic mass is 16.4. The fourth-order valence-corrected chi connectivity index (χ4v) is 1.59. The second kappa shape index (κ2) is 5.00. The summed E-state index contributed by atoms with van der Waals surface area (Å²) in [5.74, 6) is -0.753. The Balaban J connectivity index is 2.11. The average Bonchev–Trinajstić information content (AvgIpc) is 2.11. The van der Waals surface area contributed by atoms with Crippen LogP contribution >= 0.6 is 0 Å². The van der Waals surface area contributed by atoms with Gasteiger partial charge in [0, 0.05) is 12.6 Å². The normalized spacial score (nSPS) is 26.3. The van der Waals surface area contributed by atoms with Gasteiger partial charge in [0.1, 0.15) is 0 Å². The predicted octanol–water partition coefficient (Wildman–Crippen LogP) is 0.805. The number of hydrogen-bond donors (Lipinski definition) is 3. The molecule has 1 rings (SSSR count). The number of rotatable bonds is 4. The van der Waals surface area contributed by atoms with Crippen LogP contribution < -0.4 is 10.6 Å². The lowest BCUT2D eigenvalue weighted by atomic mass is 9.82. The zero-order valence-corrected chi connectivity index (χ0v) is 9.12. The van der Waals surface area contributed by atoms with Crippen molar-refractivity contribution in [1.29, 1.82) is 0 Å². The molecule has 0 spiro atoms. The molecule has 0 aromatic heterocycles. The lowest BCUT2D eigenvalue weighted by Crippen LogP contribution is -2.48. The number of carbonyl (C=O) groups excluding carboxylic acids is 1. The van der Waals surface area contributed by atoms with Gasteiger partial charge in [-0.1, -0.05) is 13.8 Å². The molecule has 1 atom stereocenters. The molecule has 1 unspecified atom stereocenters. The van der Waals surface area contributed by atoms with Crippen molar-refractivity contribution in [2.45, 2.75) is 32.7 Å². The first-order valence-corrected chi connectivity index (χ1v) is 5.26. The first-order valence-electron chi connectivity index (χ1n) is 5.26. The van der Waals surface area contributed by atoms with Gasteiger partial charge in [0.2, 0.25) is 0 Å². The van der Waals surface area contributed by atoms with E-state index < -0.39 is 11.9 Å². The van der Waals surface area contributed by atoms with Crippen LogP contribution in [0.1, 0.15) is 26.7 Å². The minimum absolute atomic E-state index is 0.170. The molecule has 3 N–H and O–H groups in total. The second-order valence-electron chi connectivity index (χ2n) is 4.37. The number of aliphatic carboxylic acids is 1. The molecule has 5 heteroatoms. The number of carboxylic acids is 1. The van der Waals surface area contributed by atoms with Crippen molar-refractivity contribution in [1.82, 2.24) is 10.6 Å². The third kappa shape index (κ3) is 3.77. The molecule has 0 bridgehead atoms. The van der Waals surface area contributed by atoms with E-state index in [4.69, 9.17) is 5.11 Å². The summed E-state index contributed by atoms with van der Waals surface area (Å²) in [7, 11) is 0. The van der Waals surface area contributed by atoms with Crippen molar-refractivity contribution in [2.75, 3.05) is 6.54 Å². The molecule has 2 amide bonds. The molecule has 0 radical (unpaired) electrons. The van der Waals surface area contributed by atoms with Gasteiger partial charge >= 0.3 is 12.0 Å². The van der Waals surface area contributed by atoms with Crippen LogP contribution in [-0.2, 0) is 4.79 Å². The quantitative estimate of drug-likeness (QED) is 0.647. The van der Waals surface area contributed by atoms with Gasteiger partial charge in [0.05, 0.1) is 5.92 Å². The fourth-order valence-electron chi connectivity index (χ4n) is 1.59. The number of carbonyl (C=O) groups is 2. The van der Waals surface area contributed by atoms with Gasteiger partial charge in [-0.25, -0.2) is 4.79 Å². The van der Waals surface area contributed by atoms with E-state index in [1.807, 2.05) is 0 Å². The first kappa shape index (κ1) is 11.8. The van der Waals surface area contributed by atoms with Gasteiger partial charge in [0.15, 0.2) is 0 Å². The molecule has 1 saturated carbocycles. The monoisotopic (exact) mass is 214 g/mol. The Bertz CT molecular complexity index is 249. The van der Waals surface area contributed by atoms with Gasteiger partial charge < -0.3 is 15.7 Å². The summed E-state index contributed by atoms with van der Waals surface area (Å²) >= 11 is 0. The fraction of sp³-hybridized carbons (Fsp3) is 0.800. The number of urea groups is 1. The molecule has 1 aliphatic carbocycles. The topological polar surface area (TPSA) is 78.4 Å². The lowest BCUT2D eigenvalue weighted by molar-refractivity contribution is -0.140. The molecule has 5 nitrogen and oxygen atoms in total. The number of nitrogens with one attached hydrogen (secondary N) is 2. The Hall–Kier alpha value is -1.26. The second-order valence-corrected chi connectivity index (χ2v) is 4.37. The van der Waals surface area contributed by atoms with E-state index in [9.17, 15) is 9.59 Å². The minimum atomic E-state index is -0.896. The van der Waals surface area contributed by atoms with Crippen molar-refractivity contribution in [3.8, 4) is 0 Å². The van der Waals surface area contributed by atoms with Crippen LogP contribution in [0.5, 0.6) is 0 Å². The van der Waals surface area contributed by atoms with E-state index in [0.29, 0.717) is 5.92 Å². The molecule has 0 aromatic carbocycles. The van der Waals surface area contributed by atoms with Gasteiger partial charge in [-0.2, -0.15) is 0 Å². The summed E-state index contributed by atoms with van der Waals surface area (Å²) in [6.07, 6.45) is 2.03. The Labute approximate surface area is 89.2 Å². The molecule has 0 heterocycles. The maximum atomic E-state index is 11.3. The van der Waals surface area contributed by atoms with E-state index in [0.717, 1.165) is 12.8 Å². The maximum absolute atomic E-state index is 11.3. The largest absolute Gasteiger partial charge is 0.481 e. The van der Waals surface area contributed by atoms with Crippen LogP contribution in [0.25, 0.3) is 0 Å². The van der Waals surface area contributed by atoms with E-state index in [1.54, 1.807) is 6.92 Å². The summed E-state index contributed by atoms with van der Waals surface area (Å²) in [5.41, 5.74) is 0. The summed E-state index contributed by atoms with van der Waals surface area (Å²) < 4.78 is 0. The molecule has 0 aromatic rings. The van der Waals surface area contributed by atoms with Gasteiger partial charge in [-0.05, 0) is 18.8 Å². The van der Waals surface area contributed by atoms with Crippen LogP contribution in [-0.4, -0.2) is 29.7 Å². The van der Waals surface area contributed by atoms with E-state index in [1.165, 1.54) is 0 Å². The molecule has 0 saturated heterocycles. The third-order valence-corrected chi connectivity index (χ3v) is 2.70. The van der Waals surface area contributed by atoms with Gasteiger partial charge in [0.25, 0.3) is 0 Å². The number of amides is 2. The summed E-state index contributed by atoms with van der Waals surface area (Å²) in [6, 6.07) is 0.000124. The Morgan fingerprint density at radius 2 is 2.07 bits per heavy atom. The van der Waals surface area contributed by atoms with Crippen LogP contribution in [0.2, 0.25) is 0 Å². The number of hydrogen-bond acceptors (Lipinski definition) is 2. The summed E-state index contributed by atoms with van der Waals surface area (Å²) in [4.78, 5) is 21.7. The van der Waals surface area contributed by atoms with Crippen molar-refractivity contribution >= 4 is 12.0 Å². The Morgan fingerprint density at radius 3 is 2.53 bits per heavy atom. The van der Waals surface area contributed by atoms with Crippen LogP contribution in [0, 0.1) is 11.8 Å². The maximum Gasteiger partial charge on any atom is 0.315 e. The average molecular weight is 214 g/mol. The Kier molecular flexibility index (Phi) is 3.94. The smallest absolute Gasteiger partial charge is 0.315 e. The predicted molar refractivity (Wildman–Crippen MR) is 55.5 cm³/mol. The standard InChI is InChI=1S/C10H18N2O3/c1-6-3-8(4-6)12-10(15)11-5-7(2)9(13)14/h6-8H,3-5H2,1-2H3,(H,13,14)(H2,11,12,15). The molecule has 1 aliphatic rings. The highest BCUT2D eigenvalue weighted by molar-refractivity contribution is 5.76.